The van der Waals surface area contributed by atoms with E-state index in [9.17, 15) is 14.4 Å². The number of nitrogens with two attached hydrogens (primary N) is 1. The molecule has 2 amide bonds. The summed E-state index contributed by atoms with van der Waals surface area (Å²) in [6.45, 7) is 4.69. The second-order valence-electron chi connectivity index (χ2n) is 6.07. The van der Waals surface area contributed by atoms with Gasteiger partial charge in [0.25, 0.3) is 0 Å². The predicted octanol–water partition coefficient (Wildman–Crippen LogP) is 1.28. The van der Waals surface area contributed by atoms with Crippen molar-refractivity contribution in [3.8, 4) is 0 Å². The van der Waals surface area contributed by atoms with E-state index in [0.717, 1.165) is 0 Å². The number of primary amides is 1. The lowest BCUT2D eigenvalue weighted by atomic mass is 10.1. The lowest BCUT2D eigenvalue weighted by Gasteiger charge is -2.22. The number of carboxylic acid groups (broad SMARTS) is 1. The summed E-state index contributed by atoms with van der Waals surface area (Å²) in [6.07, 6.45) is -0.851. The molecule has 8 nitrogen and oxygen atoms in total. The van der Waals surface area contributed by atoms with E-state index in [2.05, 4.69) is 5.32 Å². The van der Waals surface area contributed by atoms with Gasteiger partial charge in [-0.3, -0.25) is 4.79 Å². The van der Waals surface area contributed by atoms with Crippen molar-refractivity contribution in [2.75, 3.05) is 6.61 Å². The summed E-state index contributed by atoms with van der Waals surface area (Å²) >= 11 is 0. The van der Waals surface area contributed by atoms with E-state index < -0.39 is 29.6 Å². The minimum atomic E-state index is -1.28. The van der Waals surface area contributed by atoms with Crippen LogP contribution >= 0.6 is 0 Å². The molecule has 0 heterocycles. The van der Waals surface area contributed by atoms with Crippen molar-refractivity contribution in [2.45, 2.75) is 39.0 Å². The molecular weight excluding hydrogens is 316 g/mol. The van der Waals surface area contributed by atoms with Gasteiger partial charge in [-0.15, -0.1) is 0 Å². The molecule has 1 aromatic carbocycles. The monoisotopic (exact) mass is 338 g/mol. The maximum Gasteiger partial charge on any atom is 0.408 e. The van der Waals surface area contributed by atoms with Gasteiger partial charge in [-0.2, -0.15) is 0 Å². The third kappa shape index (κ3) is 6.66. The maximum atomic E-state index is 11.6. The summed E-state index contributed by atoms with van der Waals surface area (Å²) in [6, 6.07) is 5.29. The predicted molar refractivity (Wildman–Crippen MR) is 85.4 cm³/mol. The summed E-state index contributed by atoms with van der Waals surface area (Å²) in [7, 11) is 0. The highest BCUT2D eigenvalue weighted by Gasteiger charge is 2.24. The zero-order valence-corrected chi connectivity index (χ0v) is 13.9. The maximum absolute atomic E-state index is 11.6. The lowest BCUT2D eigenvalue weighted by molar-refractivity contribution is -0.141. The van der Waals surface area contributed by atoms with E-state index in [1.165, 1.54) is 0 Å². The van der Waals surface area contributed by atoms with Gasteiger partial charge in [0.2, 0.25) is 5.91 Å². The zero-order chi connectivity index (χ0) is 18.3. The Bertz CT molecular complexity index is 609. The molecule has 132 valence electrons. The molecule has 8 heteroatoms. The van der Waals surface area contributed by atoms with Crippen LogP contribution in [0, 0.1) is 0 Å². The first kappa shape index (κ1) is 19.4. The van der Waals surface area contributed by atoms with Gasteiger partial charge < -0.3 is 25.6 Å². The molecular formula is C16H22N2O6. The molecule has 1 aromatic rings. The van der Waals surface area contributed by atoms with Crippen LogP contribution in [-0.2, 0) is 20.9 Å². The van der Waals surface area contributed by atoms with Crippen molar-refractivity contribution in [1.29, 1.82) is 0 Å². The van der Waals surface area contributed by atoms with Gasteiger partial charge >= 0.3 is 12.1 Å². The van der Waals surface area contributed by atoms with Gasteiger partial charge in [-0.25, -0.2) is 9.59 Å². The molecule has 0 bridgehead atoms. The Hall–Kier alpha value is -2.61. The molecule has 0 aromatic heterocycles. The average Bonchev–Trinajstić information content (AvgIpc) is 2.44. The summed E-state index contributed by atoms with van der Waals surface area (Å²) in [4.78, 5) is 34.1. The summed E-state index contributed by atoms with van der Waals surface area (Å²) in [5, 5.41) is 11.4. The van der Waals surface area contributed by atoms with Gasteiger partial charge in [0.15, 0.2) is 6.04 Å². The third-order valence-corrected chi connectivity index (χ3v) is 2.81. The number of hydrogen-bond donors (Lipinski definition) is 3. The number of aliphatic carboxylic acids is 1. The number of amides is 2. The van der Waals surface area contributed by atoms with E-state index in [-0.39, 0.29) is 13.2 Å². The standard InChI is InChI=1S/C16H22N2O6/c1-16(2,3)24-15(22)18-12(14(20)21)9-23-8-10-6-4-5-7-11(10)13(17)19/h4-7,12H,8-9H2,1-3H3,(H2,17,19)(H,18,22)(H,20,21). The summed E-state index contributed by atoms with van der Waals surface area (Å²) in [5.41, 5.74) is 5.34. The van der Waals surface area contributed by atoms with Crippen molar-refractivity contribution in [3.63, 3.8) is 0 Å². The number of ether oxygens (including phenoxy) is 2. The zero-order valence-electron chi connectivity index (χ0n) is 13.9. The van der Waals surface area contributed by atoms with Gasteiger partial charge in [0.1, 0.15) is 5.60 Å². The minimum absolute atomic E-state index is 0.0150. The number of nitrogens with one attached hydrogen (secondary N) is 1. The normalized spacial score (nSPS) is 12.3. The topological polar surface area (TPSA) is 128 Å². The molecule has 0 aliphatic heterocycles. The van der Waals surface area contributed by atoms with Crippen LogP contribution < -0.4 is 11.1 Å². The molecule has 1 atom stereocenters. The quantitative estimate of drug-likeness (QED) is 0.687. The fraction of sp³-hybridized carbons (Fsp3) is 0.438. The van der Waals surface area contributed by atoms with Crippen LogP contribution in [0.3, 0.4) is 0 Å². The highest BCUT2D eigenvalue weighted by molar-refractivity contribution is 5.94. The van der Waals surface area contributed by atoms with Crippen LogP contribution in [0.5, 0.6) is 0 Å². The van der Waals surface area contributed by atoms with E-state index in [1.54, 1.807) is 45.0 Å². The SMILES string of the molecule is CC(C)(C)OC(=O)NC(COCc1ccccc1C(N)=O)C(=O)O. The Morgan fingerprint density at radius 3 is 2.42 bits per heavy atom. The van der Waals surface area contributed by atoms with E-state index in [0.29, 0.717) is 11.1 Å². The van der Waals surface area contributed by atoms with Gasteiger partial charge in [0, 0.05) is 5.56 Å². The van der Waals surface area contributed by atoms with Crippen molar-refractivity contribution < 1.29 is 29.0 Å². The minimum Gasteiger partial charge on any atom is -0.480 e. The number of hydrogen-bond acceptors (Lipinski definition) is 5. The Balaban J connectivity index is 2.61. The molecule has 0 saturated heterocycles. The second-order valence-corrected chi connectivity index (χ2v) is 6.07. The van der Waals surface area contributed by atoms with Gasteiger partial charge in [0.05, 0.1) is 13.2 Å². The molecule has 24 heavy (non-hydrogen) atoms. The van der Waals surface area contributed by atoms with E-state index in [4.69, 9.17) is 20.3 Å². The molecule has 1 rings (SSSR count). The van der Waals surface area contributed by atoms with Crippen molar-refractivity contribution >= 4 is 18.0 Å². The number of benzene rings is 1. The first-order chi connectivity index (χ1) is 11.1. The summed E-state index contributed by atoms with van der Waals surface area (Å²) in [5.74, 6) is -1.86. The van der Waals surface area contributed by atoms with Crippen LogP contribution in [0.25, 0.3) is 0 Å². The smallest absolute Gasteiger partial charge is 0.408 e. The molecule has 0 spiro atoms. The number of carbonyl (C=O) groups is 3. The van der Waals surface area contributed by atoms with Crippen molar-refractivity contribution in [3.05, 3.63) is 35.4 Å². The van der Waals surface area contributed by atoms with Crippen molar-refractivity contribution in [1.82, 2.24) is 5.32 Å². The summed E-state index contributed by atoms with van der Waals surface area (Å²) < 4.78 is 10.3. The van der Waals surface area contributed by atoms with Crippen LogP contribution in [0.2, 0.25) is 0 Å². The lowest BCUT2D eigenvalue weighted by Crippen LogP contribution is -2.46. The largest absolute Gasteiger partial charge is 0.480 e. The molecule has 0 radical (unpaired) electrons. The third-order valence-electron chi connectivity index (χ3n) is 2.81. The molecule has 0 saturated carbocycles. The van der Waals surface area contributed by atoms with Crippen LogP contribution in [-0.4, -0.2) is 41.3 Å². The molecule has 0 aliphatic carbocycles. The molecule has 1 unspecified atom stereocenters. The molecule has 0 fully saturated rings. The highest BCUT2D eigenvalue weighted by atomic mass is 16.6. The van der Waals surface area contributed by atoms with Crippen LogP contribution in [0.4, 0.5) is 4.79 Å². The van der Waals surface area contributed by atoms with Crippen molar-refractivity contribution in [2.24, 2.45) is 5.73 Å². The Morgan fingerprint density at radius 1 is 1.25 bits per heavy atom. The fourth-order valence-corrected chi connectivity index (χ4v) is 1.80. The Morgan fingerprint density at radius 2 is 1.88 bits per heavy atom. The first-order valence-corrected chi connectivity index (χ1v) is 7.28. The number of rotatable bonds is 7. The van der Waals surface area contributed by atoms with E-state index in [1.807, 2.05) is 0 Å². The van der Waals surface area contributed by atoms with Gasteiger partial charge in [-0.05, 0) is 32.4 Å². The molecule has 4 N–H and O–H groups in total. The molecule has 0 aliphatic rings. The number of alkyl carbamates (subject to hydrolysis) is 1. The first-order valence-electron chi connectivity index (χ1n) is 7.28. The number of carbonyl (C=O) groups excluding carboxylic acids is 2. The van der Waals surface area contributed by atoms with Crippen LogP contribution in [0.15, 0.2) is 24.3 Å². The Kier molecular flexibility index (Phi) is 6.72. The second kappa shape index (κ2) is 8.30. The average molecular weight is 338 g/mol. The number of carboxylic acids is 1. The highest BCUT2D eigenvalue weighted by Crippen LogP contribution is 2.10. The van der Waals surface area contributed by atoms with Gasteiger partial charge in [-0.1, -0.05) is 18.2 Å². The van der Waals surface area contributed by atoms with E-state index >= 15 is 0 Å². The van der Waals surface area contributed by atoms with Crippen LogP contribution in [0.1, 0.15) is 36.7 Å². The Labute approximate surface area is 139 Å². The fourth-order valence-electron chi connectivity index (χ4n) is 1.80.